The van der Waals surface area contributed by atoms with Crippen LogP contribution in [0.25, 0.3) is 0 Å². The lowest BCUT2D eigenvalue weighted by atomic mass is 10.1. The fourth-order valence-corrected chi connectivity index (χ4v) is 1.93. The molecule has 0 heterocycles. The summed E-state index contributed by atoms with van der Waals surface area (Å²) in [5, 5.41) is 24.0. The predicted molar refractivity (Wildman–Crippen MR) is 78.5 cm³/mol. The Hall–Kier alpha value is -3.36. The number of non-ortho nitro benzene ring substituents is 1. The number of carbonyl (C=O) groups is 1. The average Bonchev–Trinajstić information content (AvgIpc) is 2.47. The molecule has 0 saturated heterocycles. The second kappa shape index (κ2) is 6.60. The molecule has 0 aliphatic heterocycles. The molecule has 23 heavy (non-hydrogen) atoms. The molecule has 0 saturated carbocycles. The zero-order valence-corrected chi connectivity index (χ0v) is 11.6. The van der Waals surface area contributed by atoms with Crippen molar-refractivity contribution in [1.29, 1.82) is 0 Å². The molecule has 2 rings (SSSR count). The fourth-order valence-electron chi connectivity index (χ4n) is 1.93. The molecule has 0 bridgehead atoms. The van der Waals surface area contributed by atoms with Gasteiger partial charge in [-0.2, -0.15) is 0 Å². The maximum absolute atomic E-state index is 13.0. The quantitative estimate of drug-likeness (QED) is 0.672. The first-order valence-corrected chi connectivity index (χ1v) is 6.34. The van der Waals surface area contributed by atoms with Crippen LogP contribution < -0.4 is 5.32 Å². The zero-order chi connectivity index (χ0) is 17.0. The van der Waals surface area contributed by atoms with Crippen LogP contribution in [-0.2, 0) is 11.2 Å². The average molecular weight is 319 g/mol. The van der Waals surface area contributed by atoms with E-state index >= 15 is 0 Å². The van der Waals surface area contributed by atoms with Crippen LogP contribution >= 0.6 is 0 Å². The second-order valence-corrected chi connectivity index (χ2v) is 4.56. The first-order chi connectivity index (χ1) is 10.9. The van der Waals surface area contributed by atoms with E-state index < -0.39 is 32.9 Å². The van der Waals surface area contributed by atoms with Gasteiger partial charge in [0, 0.05) is 17.3 Å². The molecule has 1 amide bonds. The molecule has 0 atom stereocenters. The third-order valence-corrected chi connectivity index (χ3v) is 2.94. The molecule has 2 aromatic carbocycles. The van der Waals surface area contributed by atoms with Crippen molar-refractivity contribution in [2.45, 2.75) is 6.42 Å². The van der Waals surface area contributed by atoms with Crippen molar-refractivity contribution in [2.24, 2.45) is 0 Å². The first-order valence-electron chi connectivity index (χ1n) is 6.34. The molecule has 9 heteroatoms. The fraction of sp³-hybridized carbons (Fsp3) is 0.0714. The van der Waals surface area contributed by atoms with Gasteiger partial charge >= 0.3 is 0 Å². The SMILES string of the molecule is O=C(Cc1ccc([N+](=O)[O-])cc1[N+](=O)[O-])Nc1cccc(F)c1. The van der Waals surface area contributed by atoms with Crippen LogP contribution in [0.15, 0.2) is 42.5 Å². The molecule has 0 unspecified atom stereocenters. The maximum atomic E-state index is 13.0. The van der Waals surface area contributed by atoms with Gasteiger partial charge in [-0.1, -0.05) is 6.07 Å². The number of nitrogens with one attached hydrogen (secondary N) is 1. The Kier molecular flexibility index (Phi) is 4.60. The van der Waals surface area contributed by atoms with Gasteiger partial charge < -0.3 is 5.32 Å². The number of carbonyl (C=O) groups excluding carboxylic acids is 1. The Morgan fingerprint density at radius 3 is 2.43 bits per heavy atom. The summed E-state index contributed by atoms with van der Waals surface area (Å²) in [6.07, 6.45) is -0.370. The Balaban J connectivity index is 2.20. The van der Waals surface area contributed by atoms with Crippen molar-refractivity contribution in [3.8, 4) is 0 Å². The van der Waals surface area contributed by atoms with E-state index in [-0.39, 0.29) is 17.7 Å². The van der Waals surface area contributed by atoms with Crippen molar-refractivity contribution in [3.63, 3.8) is 0 Å². The molecule has 0 fully saturated rings. The topological polar surface area (TPSA) is 115 Å². The number of rotatable bonds is 5. The molecule has 0 radical (unpaired) electrons. The van der Waals surface area contributed by atoms with E-state index in [1.807, 2.05) is 0 Å². The van der Waals surface area contributed by atoms with Gasteiger partial charge in [0.25, 0.3) is 11.4 Å². The summed E-state index contributed by atoms with van der Waals surface area (Å²) in [6.45, 7) is 0. The minimum absolute atomic E-state index is 0.0227. The van der Waals surface area contributed by atoms with E-state index in [9.17, 15) is 29.4 Å². The zero-order valence-electron chi connectivity index (χ0n) is 11.6. The monoisotopic (exact) mass is 319 g/mol. The molecule has 0 spiro atoms. The number of nitro benzene ring substituents is 2. The van der Waals surface area contributed by atoms with Gasteiger partial charge in [-0.25, -0.2) is 4.39 Å². The van der Waals surface area contributed by atoms with E-state index in [2.05, 4.69) is 5.32 Å². The Bertz CT molecular complexity index is 794. The Morgan fingerprint density at radius 1 is 1.09 bits per heavy atom. The molecule has 0 aromatic heterocycles. The van der Waals surface area contributed by atoms with Crippen LogP contribution in [0.1, 0.15) is 5.56 Å². The van der Waals surface area contributed by atoms with Gasteiger partial charge in [0.05, 0.1) is 22.3 Å². The standard InChI is InChI=1S/C14H10FN3O5/c15-10-2-1-3-11(7-10)16-14(19)6-9-4-5-12(17(20)21)8-13(9)18(22)23/h1-5,7-8H,6H2,(H,16,19). The van der Waals surface area contributed by atoms with Crippen molar-refractivity contribution in [2.75, 3.05) is 5.32 Å². The summed E-state index contributed by atoms with van der Waals surface area (Å²) in [6, 6.07) is 8.20. The van der Waals surface area contributed by atoms with E-state index in [4.69, 9.17) is 0 Å². The third-order valence-electron chi connectivity index (χ3n) is 2.94. The molecular formula is C14H10FN3O5. The minimum atomic E-state index is -0.794. The number of halogens is 1. The highest BCUT2D eigenvalue weighted by Gasteiger charge is 2.21. The lowest BCUT2D eigenvalue weighted by Crippen LogP contribution is -2.15. The molecule has 1 N–H and O–H groups in total. The number of nitrogens with zero attached hydrogens (tertiary/aromatic N) is 2. The number of anilines is 1. The van der Waals surface area contributed by atoms with Crippen LogP contribution in [0.4, 0.5) is 21.5 Å². The summed E-state index contributed by atoms with van der Waals surface area (Å²) < 4.78 is 13.0. The van der Waals surface area contributed by atoms with E-state index in [0.717, 1.165) is 24.3 Å². The molecule has 118 valence electrons. The van der Waals surface area contributed by atoms with Gasteiger partial charge in [0.2, 0.25) is 5.91 Å². The summed E-state index contributed by atoms with van der Waals surface area (Å²) in [7, 11) is 0. The van der Waals surface area contributed by atoms with Crippen molar-refractivity contribution >= 4 is 23.0 Å². The number of hydrogen-bond acceptors (Lipinski definition) is 5. The lowest BCUT2D eigenvalue weighted by molar-refractivity contribution is -0.394. The van der Waals surface area contributed by atoms with Crippen LogP contribution in [0.2, 0.25) is 0 Å². The van der Waals surface area contributed by atoms with Crippen molar-refractivity contribution < 1.29 is 19.0 Å². The summed E-state index contributed by atoms with van der Waals surface area (Å²) in [5.41, 5.74) is -0.728. The van der Waals surface area contributed by atoms with Gasteiger partial charge in [0.1, 0.15) is 5.82 Å². The first kappa shape index (κ1) is 16.0. The normalized spacial score (nSPS) is 10.1. The highest BCUT2D eigenvalue weighted by molar-refractivity contribution is 5.92. The summed E-state index contributed by atoms with van der Waals surface area (Å²) >= 11 is 0. The summed E-state index contributed by atoms with van der Waals surface area (Å²) in [5.74, 6) is -1.14. The van der Waals surface area contributed by atoms with Crippen LogP contribution in [-0.4, -0.2) is 15.8 Å². The van der Waals surface area contributed by atoms with Gasteiger partial charge in [-0.05, 0) is 24.3 Å². The highest BCUT2D eigenvalue weighted by atomic mass is 19.1. The largest absolute Gasteiger partial charge is 0.326 e. The van der Waals surface area contributed by atoms with E-state index in [1.165, 1.54) is 18.2 Å². The third kappa shape index (κ3) is 4.06. The van der Waals surface area contributed by atoms with Crippen LogP contribution in [0.3, 0.4) is 0 Å². The second-order valence-electron chi connectivity index (χ2n) is 4.56. The van der Waals surface area contributed by atoms with E-state index in [1.54, 1.807) is 0 Å². The van der Waals surface area contributed by atoms with Gasteiger partial charge in [-0.3, -0.25) is 25.0 Å². The molecule has 2 aromatic rings. The van der Waals surface area contributed by atoms with Gasteiger partial charge in [0.15, 0.2) is 0 Å². The molecular weight excluding hydrogens is 309 g/mol. The smallest absolute Gasteiger partial charge is 0.279 e. The van der Waals surface area contributed by atoms with Gasteiger partial charge in [-0.15, -0.1) is 0 Å². The predicted octanol–water partition coefficient (Wildman–Crippen LogP) is 2.82. The Labute approximate surface area is 128 Å². The molecule has 8 nitrogen and oxygen atoms in total. The lowest BCUT2D eigenvalue weighted by Gasteiger charge is -2.06. The van der Waals surface area contributed by atoms with E-state index in [0.29, 0.717) is 0 Å². The molecule has 0 aliphatic carbocycles. The Morgan fingerprint density at radius 2 is 1.83 bits per heavy atom. The van der Waals surface area contributed by atoms with Crippen molar-refractivity contribution in [1.82, 2.24) is 0 Å². The number of hydrogen-bond donors (Lipinski definition) is 1. The number of benzene rings is 2. The summed E-state index contributed by atoms with van der Waals surface area (Å²) in [4.78, 5) is 32.0. The minimum Gasteiger partial charge on any atom is -0.326 e. The van der Waals surface area contributed by atoms with Crippen LogP contribution in [0, 0.1) is 26.0 Å². The maximum Gasteiger partial charge on any atom is 0.279 e. The number of amides is 1. The van der Waals surface area contributed by atoms with Crippen molar-refractivity contribution in [3.05, 3.63) is 74.1 Å². The van der Waals surface area contributed by atoms with Crippen LogP contribution in [0.5, 0.6) is 0 Å². The highest BCUT2D eigenvalue weighted by Crippen LogP contribution is 2.25. The number of nitro groups is 2. The molecule has 0 aliphatic rings.